The Morgan fingerprint density at radius 3 is 2.78 bits per heavy atom. The number of rotatable bonds is 3. The van der Waals surface area contributed by atoms with Crippen molar-refractivity contribution in [1.29, 1.82) is 0 Å². The van der Waals surface area contributed by atoms with Crippen LogP contribution in [0.25, 0.3) is 0 Å². The van der Waals surface area contributed by atoms with Gasteiger partial charge in [0.25, 0.3) is 0 Å². The molecule has 1 aliphatic rings. The number of aryl methyl sites for hydroxylation is 1. The third kappa shape index (κ3) is 2.96. The Morgan fingerprint density at radius 1 is 1.44 bits per heavy atom. The highest BCUT2D eigenvalue weighted by atomic mass is 32.2. The molecule has 1 aromatic rings. The number of sulfone groups is 1. The molecular formula is C13H15FO3S. The van der Waals surface area contributed by atoms with Crippen LogP contribution in [0.4, 0.5) is 4.39 Å². The first-order chi connectivity index (χ1) is 8.37. The molecule has 0 saturated carbocycles. The smallest absolute Gasteiger partial charge is 0.151 e. The largest absolute Gasteiger partial charge is 0.299 e. The second kappa shape index (κ2) is 4.80. The number of carbonyl (C=O) groups excluding carboxylic acids is 1. The summed E-state index contributed by atoms with van der Waals surface area (Å²) in [5.74, 6) is -0.865. The zero-order valence-electron chi connectivity index (χ0n) is 10.1. The van der Waals surface area contributed by atoms with Crippen LogP contribution in [0.3, 0.4) is 0 Å². The topological polar surface area (TPSA) is 51.2 Å². The molecule has 0 amide bonds. The number of carbonyl (C=O) groups is 1. The minimum atomic E-state index is -3.05. The number of benzene rings is 1. The summed E-state index contributed by atoms with van der Waals surface area (Å²) in [4.78, 5) is 12.0. The highest BCUT2D eigenvalue weighted by Gasteiger charge is 2.32. The molecule has 0 aromatic heterocycles. The van der Waals surface area contributed by atoms with Gasteiger partial charge in [0.1, 0.15) is 11.6 Å². The van der Waals surface area contributed by atoms with E-state index in [4.69, 9.17) is 0 Å². The van der Waals surface area contributed by atoms with Gasteiger partial charge in [-0.2, -0.15) is 0 Å². The standard InChI is InChI=1S/C13H15FO3S/c1-9-2-3-12(14)6-11(9)7-13(15)10-4-5-18(16,17)8-10/h2-3,6,10H,4-5,7-8H2,1H3. The predicted molar refractivity (Wildman–Crippen MR) is 66.6 cm³/mol. The van der Waals surface area contributed by atoms with Crippen molar-refractivity contribution in [3.63, 3.8) is 0 Å². The summed E-state index contributed by atoms with van der Waals surface area (Å²) in [5.41, 5.74) is 1.50. The van der Waals surface area contributed by atoms with Gasteiger partial charge in [-0.25, -0.2) is 12.8 Å². The van der Waals surface area contributed by atoms with Gasteiger partial charge in [-0.1, -0.05) is 6.07 Å². The van der Waals surface area contributed by atoms with Gasteiger partial charge in [0, 0.05) is 12.3 Å². The number of ketones is 1. The van der Waals surface area contributed by atoms with Gasteiger partial charge in [-0.3, -0.25) is 4.79 Å². The second-order valence-corrected chi connectivity index (χ2v) is 7.04. The summed E-state index contributed by atoms with van der Waals surface area (Å²) < 4.78 is 35.7. The molecule has 98 valence electrons. The van der Waals surface area contributed by atoms with Gasteiger partial charge < -0.3 is 0 Å². The van der Waals surface area contributed by atoms with Crippen molar-refractivity contribution >= 4 is 15.6 Å². The third-order valence-corrected chi connectivity index (χ3v) is 5.13. The Bertz CT molecular complexity index is 578. The second-order valence-electron chi connectivity index (χ2n) is 4.81. The Morgan fingerprint density at radius 2 is 2.17 bits per heavy atom. The SMILES string of the molecule is Cc1ccc(F)cc1CC(=O)C1CCS(=O)(=O)C1. The number of halogens is 1. The molecule has 1 unspecified atom stereocenters. The molecule has 0 N–H and O–H groups in total. The molecule has 2 rings (SSSR count). The Labute approximate surface area is 106 Å². The molecule has 1 atom stereocenters. The zero-order valence-corrected chi connectivity index (χ0v) is 11.0. The monoisotopic (exact) mass is 270 g/mol. The highest BCUT2D eigenvalue weighted by molar-refractivity contribution is 7.91. The van der Waals surface area contributed by atoms with E-state index in [2.05, 4.69) is 0 Å². The zero-order chi connectivity index (χ0) is 13.3. The molecular weight excluding hydrogens is 255 g/mol. The van der Waals surface area contributed by atoms with Crippen LogP contribution >= 0.6 is 0 Å². The maximum Gasteiger partial charge on any atom is 0.151 e. The molecule has 1 aromatic carbocycles. The van der Waals surface area contributed by atoms with E-state index >= 15 is 0 Å². The Balaban J connectivity index is 2.10. The van der Waals surface area contributed by atoms with Gasteiger partial charge in [-0.15, -0.1) is 0 Å². The first kappa shape index (κ1) is 13.2. The molecule has 18 heavy (non-hydrogen) atoms. The summed E-state index contributed by atoms with van der Waals surface area (Å²) in [7, 11) is -3.05. The summed E-state index contributed by atoms with van der Waals surface area (Å²) in [6.07, 6.45) is 0.513. The summed E-state index contributed by atoms with van der Waals surface area (Å²) >= 11 is 0. The minimum Gasteiger partial charge on any atom is -0.299 e. The van der Waals surface area contributed by atoms with Crippen molar-refractivity contribution in [3.05, 3.63) is 35.1 Å². The molecule has 0 bridgehead atoms. The van der Waals surface area contributed by atoms with E-state index in [1.165, 1.54) is 12.1 Å². The van der Waals surface area contributed by atoms with Crippen LogP contribution in [0, 0.1) is 18.7 Å². The highest BCUT2D eigenvalue weighted by Crippen LogP contribution is 2.22. The van der Waals surface area contributed by atoms with Crippen molar-refractivity contribution < 1.29 is 17.6 Å². The van der Waals surface area contributed by atoms with E-state index in [-0.39, 0.29) is 29.5 Å². The lowest BCUT2D eigenvalue weighted by Gasteiger charge is -2.09. The number of Topliss-reactive ketones (excluding diaryl/α,β-unsaturated/α-hetero) is 1. The summed E-state index contributed by atoms with van der Waals surface area (Å²) in [6, 6.07) is 4.32. The molecule has 0 spiro atoms. The van der Waals surface area contributed by atoms with Crippen LogP contribution in [0.1, 0.15) is 17.5 Å². The van der Waals surface area contributed by atoms with E-state index in [0.29, 0.717) is 12.0 Å². The van der Waals surface area contributed by atoms with Crippen molar-refractivity contribution in [3.8, 4) is 0 Å². The lowest BCUT2D eigenvalue weighted by molar-refractivity contribution is -0.121. The van der Waals surface area contributed by atoms with Crippen LogP contribution in [-0.2, 0) is 21.1 Å². The van der Waals surface area contributed by atoms with Crippen LogP contribution in [0.2, 0.25) is 0 Å². The Kier molecular flexibility index (Phi) is 3.52. The maximum atomic E-state index is 13.1. The molecule has 1 heterocycles. The molecule has 5 heteroatoms. The number of hydrogen-bond donors (Lipinski definition) is 0. The van der Waals surface area contributed by atoms with E-state index in [1.807, 2.05) is 6.92 Å². The van der Waals surface area contributed by atoms with Crippen LogP contribution in [0.15, 0.2) is 18.2 Å². The van der Waals surface area contributed by atoms with E-state index in [1.54, 1.807) is 6.07 Å². The van der Waals surface area contributed by atoms with Crippen molar-refractivity contribution in [2.75, 3.05) is 11.5 Å². The Hall–Kier alpha value is -1.23. The predicted octanol–water partition coefficient (Wildman–Crippen LogP) is 1.68. The number of hydrogen-bond acceptors (Lipinski definition) is 3. The lowest BCUT2D eigenvalue weighted by Crippen LogP contribution is -2.18. The van der Waals surface area contributed by atoms with Crippen LogP contribution in [0.5, 0.6) is 0 Å². The fourth-order valence-corrected chi connectivity index (χ4v) is 3.99. The van der Waals surface area contributed by atoms with Crippen molar-refractivity contribution in [2.24, 2.45) is 5.92 Å². The first-order valence-electron chi connectivity index (χ1n) is 5.85. The van der Waals surface area contributed by atoms with Gasteiger partial charge in [0.15, 0.2) is 9.84 Å². The van der Waals surface area contributed by atoms with Gasteiger partial charge in [-0.05, 0) is 36.6 Å². The molecule has 0 aliphatic carbocycles. The van der Waals surface area contributed by atoms with Crippen molar-refractivity contribution in [2.45, 2.75) is 19.8 Å². The lowest BCUT2D eigenvalue weighted by atomic mass is 9.95. The normalized spacial score (nSPS) is 22.0. The average Bonchev–Trinajstić information content (AvgIpc) is 2.64. The summed E-state index contributed by atoms with van der Waals surface area (Å²) in [5, 5.41) is 0. The fourth-order valence-electron chi connectivity index (χ4n) is 2.21. The van der Waals surface area contributed by atoms with Crippen molar-refractivity contribution in [1.82, 2.24) is 0 Å². The molecule has 1 aliphatic heterocycles. The fraction of sp³-hybridized carbons (Fsp3) is 0.462. The van der Waals surface area contributed by atoms with Gasteiger partial charge >= 0.3 is 0 Å². The van der Waals surface area contributed by atoms with Crippen LogP contribution < -0.4 is 0 Å². The third-order valence-electron chi connectivity index (χ3n) is 3.36. The molecule has 3 nitrogen and oxygen atoms in total. The van der Waals surface area contributed by atoms with E-state index in [9.17, 15) is 17.6 Å². The molecule has 1 fully saturated rings. The first-order valence-corrected chi connectivity index (χ1v) is 7.68. The average molecular weight is 270 g/mol. The summed E-state index contributed by atoms with van der Waals surface area (Å²) in [6.45, 7) is 1.81. The maximum absolute atomic E-state index is 13.1. The van der Waals surface area contributed by atoms with E-state index < -0.39 is 15.8 Å². The van der Waals surface area contributed by atoms with Gasteiger partial charge in [0.2, 0.25) is 0 Å². The van der Waals surface area contributed by atoms with E-state index in [0.717, 1.165) is 5.56 Å². The molecule has 1 saturated heterocycles. The minimum absolute atomic E-state index is 0.0554. The van der Waals surface area contributed by atoms with Gasteiger partial charge in [0.05, 0.1) is 11.5 Å². The quantitative estimate of drug-likeness (QED) is 0.839. The van der Waals surface area contributed by atoms with Crippen LogP contribution in [-0.4, -0.2) is 25.7 Å². The molecule has 0 radical (unpaired) electrons.